The highest BCUT2D eigenvalue weighted by Gasteiger charge is 2.21. The molecule has 1 aromatic heterocycles. The van der Waals surface area contributed by atoms with Crippen molar-refractivity contribution in [2.45, 2.75) is 38.3 Å². The maximum Gasteiger partial charge on any atom is 0.191 e. The van der Waals surface area contributed by atoms with E-state index >= 15 is 0 Å². The molecule has 19 heavy (non-hydrogen) atoms. The molecule has 1 heterocycles. The van der Waals surface area contributed by atoms with E-state index in [0.29, 0.717) is 0 Å². The second kappa shape index (κ2) is 6.98. The van der Waals surface area contributed by atoms with Gasteiger partial charge in [-0.3, -0.25) is 0 Å². The van der Waals surface area contributed by atoms with Gasteiger partial charge in [0, 0.05) is 19.2 Å². The van der Waals surface area contributed by atoms with E-state index in [2.05, 4.69) is 34.4 Å². The van der Waals surface area contributed by atoms with Gasteiger partial charge in [-0.15, -0.1) is 0 Å². The summed E-state index contributed by atoms with van der Waals surface area (Å²) in [5.74, 6) is 3.53. The molecule has 106 valence electrons. The molecule has 0 radical (unpaired) electrons. The predicted octanol–water partition coefficient (Wildman–Crippen LogP) is 3.48. The Hall–Kier alpha value is -0.970. The minimum atomic E-state index is 0.797. The first-order valence-electron chi connectivity index (χ1n) is 7.12. The van der Waals surface area contributed by atoms with Gasteiger partial charge < -0.3 is 10.6 Å². The van der Waals surface area contributed by atoms with Crippen molar-refractivity contribution in [2.75, 3.05) is 30.0 Å². The Morgan fingerprint density at radius 3 is 2.58 bits per heavy atom. The largest absolute Gasteiger partial charge is 0.370 e. The normalized spacial score (nSPS) is 22.5. The van der Waals surface area contributed by atoms with E-state index in [-0.39, 0.29) is 0 Å². The van der Waals surface area contributed by atoms with E-state index in [1.165, 1.54) is 19.3 Å². The first kappa shape index (κ1) is 14.4. The van der Waals surface area contributed by atoms with Crippen LogP contribution in [0.5, 0.6) is 0 Å². The van der Waals surface area contributed by atoms with Crippen molar-refractivity contribution in [2.24, 2.45) is 11.8 Å². The summed E-state index contributed by atoms with van der Waals surface area (Å²) in [4.78, 5) is 8.95. The number of hydrogen-bond acceptors (Lipinski definition) is 5. The number of nitrogens with zero attached hydrogens (tertiary/aromatic N) is 2. The van der Waals surface area contributed by atoms with Gasteiger partial charge in [0.1, 0.15) is 11.6 Å². The molecule has 5 heteroatoms. The van der Waals surface area contributed by atoms with Gasteiger partial charge in [0.25, 0.3) is 0 Å². The lowest BCUT2D eigenvalue weighted by molar-refractivity contribution is 0.536. The molecule has 2 rings (SSSR count). The first-order chi connectivity index (χ1) is 9.21. The summed E-state index contributed by atoms with van der Waals surface area (Å²) in [5.41, 5.74) is 0. The van der Waals surface area contributed by atoms with Crippen LogP contribution >= 0.6 is 11.8 Å². The molecule has 0 bridgehead atoms. The van der Waals surface area contributed by atoms with E-state index in [9.17, 15) is 0 Å². The quantitative estimate of drug-likeness (QED) is 0.617. The molecule has 1 aliphatic carbocycles. The van der Waals surface area contributed by atoms with Crippen molar-refractivity contribution in [3.05, 3.63) is 6.07 Å². The number of nitrogens with one attached hydrogen (secondary N) is 2. The zero-order valence-electron chi connectivity index (χ0n) is 12.1. The van der Waals surface area contributed by atoms with Gasteiger partial charge in [-0.25, -0.2) is 9.97 Å². The lowest BCUT2D eigenvalue weighted by atomic mass is 10.1. The predicted molar refractivity (Wildman–Crippen MR) is 83.0 cm³/mol. The lowest BCUT2D eigenvalue weighted by Crippen LogP contribution is -2.13. The lowest BCUT2D eigenvalue weighted by Gasteiger charge is -2.13. The molecular weight excluding hydrogens is 256 g/mol. The molecule has 0 amide bonds. The minimum absolute atomic E-state index is 0.797. The van der Waals surface area contributed by atoms with Gasteiger partial charge >= 0.3 is 0 Å². The van der Waals surface area contributed by atoms with Gasteiger partial charge in [0.05, 0.1) is 0 Å². The molecule has 1 aromatic rings. The van der Waals surface area contributed by atoms with Crippen LogP contribution in [0.25, 0.3) is 0 Å². The SMILES string of the molecule is CCNc1cc(NCC2CCC(C)C2)nc(SC)n1. The van der Waals surface area contributed by atoms with Gasteiger partial charge in [0.15, 0.2) is 5.16 Å². The number of anilines is 2. The minimum Gasteiger partial charge on any atom is -0.370 e. The molecular formula is C14H24N4S. The number of aromatic nitrogens is 2. The van der Waals surface area contributed by atoms with Crippen molar-refractivity contribution in [3.63, 3.8) is 0 Å². The number of thioether (sulfide) groups is 1. The van der Waals surface area contributed by atoms with E-state index in [1.807, 2.05) is 12.3 Å². The number of rotatable bonds is 6. The third-order valence-corrected chi connectivity index (χ3v) is 4.17. The van der Waals surface area contributed by atoms with Crippen LogP contribution in [0.15, 0.2) is 11.2 Å². The summed E-state index contributed by atoms with van der Waals surface area (Å²) in [7, 11) is 0. The maximum absolute atomic E-state index is 4.51. The third kappa shape index (κ3) is 4.27. The van der Waals surface area contributed by atoms with Crippen LogP contribution in [0.2, 0.25) is 0 Å². The molecule has 2 unspecified atom stereocenters. The summed E-state index contributed by atoms with van der Waals surface area (Å²) >= 11 is 1.58. The maximum atomic E-state index is 4.51. The van der Waals surface area contributed by atoms with Crippen molar-refractivity contribution in [1.82, 2.24) is 9.97 Å². The topological polar surface area (TPSA) is 49.8 Å². The fourth-order valence-corrected chi connectivity index (χ4v) is 3.02. The molecule has 1 saturated carbocycles. The fourth-order valence-electron chi connectivity index (χ4n) is 2.64. The second-order valence-electron chi connectivity index (χ2n) is 5.32. The molecule has 1 fully saturated rings. The molecule has 0 spiro atoms. The summed E-state index contributed by atoms with van der Waals surface area (Å²) in [5, 5.41) is 7.55. The molecule has 0 aromatic carbocycles. The Bertz CT molecular complexity index is 410. The van der Waals surface area contributed by atoms with Crippen LogP contribution in [0.3, 0.4) is 0 Å². The van der Waals surface area contributed by atoms with Crippen molar-refractivity contribution < 1.29 is 0 Å². The Kier molecular flexibility index (Phi) is 5.31. The van der Waals surface area contributed by atoms with Crippen LogP contribution in [-0.4, -0.2) is 29.3 Å². The summed E-state index contributed by atoms with van der Waals surface area (Å²) in [6.45, 7) is 6.33. The van der Waals surface area contributed by atoms with E-state index in [4.69, 9.17) is 0 Å². The number of hydrogen-bond donors (Lipinski definition) is 2. The first-order valence-corrected chi connectivity index (χ1v) is 8.34. The second-order valence-corrected chi connectivity index (χ2v) is 6.09. The highest BCUT2D eigenvalue weighted by molar-refractivity contribution is 7.98. The van der Waals surface area contributed by atoms with Gasteiger partial charge in [-0.2, -0.15) is 0 Å². The zero-order chi connectivity index (χ0) is 13.7. The highest BCUT2D eigenvalue weighted by Crippen LogP contribution is 2.30. The highest BCUT2D eigenvalue weighted by atomic mass is 32.2. The molecule has 0 saturated heterocycles. The smallest absolute Gasteiger partial charge is 0.191 e. The van der Waals surface area contributed by atoms with Gasteiger partial charge in [-0.05, 0) is 37.9 Å². The van der Waals surface area contributed by atoms with Gasteiger partial charge in [0.2, 0.25) is 0 Å². The summed E-state index contributed by atoms with van der Waals surface area (Å²) in [6, 6.07) is 2.00. The van der Waals surface area contributed by atoms with E-state index in [1.54, 1.807) is 11.8 Å². The van der Waals surface area contributed by atoms with Gasteiger partial charge in [-0.1, -0.05) is 25.1 Å². The Morgan fingerprint density at radius 1 is 1.26 bits per heavy atom. The van der Waals surface area contributed by atoms with Crippen molar-refractivity contribution in [3.8, 4) is 0 Å². The Morgan fingerprint density at radius 2 is 2.00 bits per heavy atom. The van der Waals surface area contributed by atoms with Crippen LogP contribution in [0.1, 0.15) is 33.1 Å². The average molecular weight is 280 g/mol. The monoisotopic (exact) mass is 280 g/mol. The standard InChI is InChI=1S/C14H24N4S/c1-4-15-12-8-13(18-14(17-12)19-3)16-9-11-6-5-10(2)7-11/h8,10-11H,4-7,9H2,1-3H3,(H2,15,16,17,18). The third-order valence-electron chi connectivity index (χ3n) is 3.62. The molecule has 2 atom stereocenters. The summed E-state index contributed by atoms with van der Waals surface area (Å²) < 4.78 is 0. The molecule has 1 aliphatic rings. The molecule has 4 nitrogen and oxygen atoms in total. The van der Waals surface area contributed by atoms with E-state index < -0.39 is 0 Å². The zero-order valence-corrected chi connectivity index (χ0v) is 12.9. The van der Waals surface area contributed by atoms with Crippen LogP contribution < -0.4 is 10.6 Å². The fraction of sp³-hybridized carbons (Fsp3) is 0.714. The van der Waals surface area contributed by atoms with Crippen molar-refractivity contribution >= 4 is 23.4 Å². The average Bonchev–Trinajstić information content (AvgIpc) is 2.82. The molecule has 0 aliphatic heterocycles. The van der Waals surface area contributed by atoms with Crippen LogP contribution in [0, 0.1) is 11.8 Å². The Balaban J connectivity index is 1.96. The van der Waals surface area contributed by atoms with E-state index in [0.717, 1.165) is 41.7 Å². The van der Waals surface area contributed by atoms with Crippen LogP contribution in [0.4, 0.5) is 11.6 Å². The van der Waals surface area contributed by atoms with Crippen molar-refractivity contribution in [1.29, 1.82) is 0 Å². The van der Waals surface area contributed by atoms with Crippen LogP contribution in [-0.2, 0) is 0 Å². The molecule has 2 N–H and O–H groups in total. The summed E-state index contributed by atoms with van der Waals surface area (Å²) in [6.07, 6.45) is 6.06. The Labute approximate surface area is 120 Å².